The molecule has 6 heteroatoms. The molecule has 3 atom stereocenters. The molecular formula is C12H12Cl2O3S. The second-order valence-electron chi connectivity index (χ2n) is 4.40. The Hall–Kier alpha value is -0.580. The Balaban J connectivity index is 2.38. The molecule has 18 heavy (non-hydrogen) atoms. The molecule has 2 rings (SSSR count). The van der Waals surface area contributed by atoms with Crippen LogP contribution in [0.4, 0.5) is 0 Å². The van der Waals surface area contributed by atoms with Crippen LogP contribution in [-0.4, -0.2) is 30.2 Å². The molecule has 0 aromatic heterocycles. The van der Waals surface area contributed by atoms with E-state index in [1.54, 1.807) is 12.1 Å². The lowest BCUT2D eigenvalue weighted by Gasteiger charge is -2.13. The molecule has 0 N–H and O–H groups in total. The third kappa shape index (κ3) is 2.29. The SMILES string of the molecule is Cc1ccc(S(=O)(=O)C2CC(Cl)C(=O)C2Cl)cc1. The zero-order valence-corrected chi connectivity index (χ0v) is 12.0. The number of hydrogen-bond donors (Lipinski definition) is 0. The van der Waals surface area contributed by atoms with Crippen molar-refractivity contribution < 1.29 is 13.2 Å². The Labute approximate surface area is 116 Å². The smallest absolute Gasteiger partial charge is 0.183 e. The topological polar surface area (TPSA) is 51.2 Å². The number of aryl methyl sites for hydroxylation is 1. The summed E-state index contributed by atoms with van der Waals surface area (Å²) in [6.07, 6.45) is 0.0742. The minimum absolute atomic E-state index is 0.0742. The highest BCUT2D eigenvalue weighted by atomic mass is 35.5. The number of hydrogen-bond acceptors (Lipinski definition) is 3. The van der Waals surface area contributed by atoms with Crippen molar-refractivity contribution in [3.05, 3.63) is 29.8 Å². The van der Waals surface area contributed by atoms with Gasteiger partial charge in [-0.1, -0.05) is 17.7 Å². The van der Waals surface area contributed by atoms with Gasteiger partial charge in [-0.3, -0.25) is 4.79 Å². The van der Waals surface area contributed by atoms with E-state index in [2.05, 4.69) is 0 Å². The number of carbonyl (C=O) groups is 1. The molecule has 3 nitrogen and oxygen atoms in total. The molecule has 0 heterocycles. The first-order chi connectivity index (χ1) is 8.34. The maximum absolute atomic E-state index is 12.4. The van der Waals surface area contributed by atoms with Gasteiger partial charge in [-0.25, -0.2) is 8.42 Å². The summed E-state index contributed by atoms with van der Waals surface area (Å²) in [6.45, 7) is 1.87. The molecule has 1 saturated carbocycles. The van der Waals surface area contributed by atoms with Crippen molar-refractivity contribution >= 4 is 38.8 Å². The number of rotatable bonds is 2. The average molecular weight is 307 g/mol. The summed E-state index contributed by atoms with van der Waals surface area (Å²) < 4.78 is 24.7. The van der Waals surface area contributed by atoms with E-state index < -0.39 is 31.6 Å². The van der Waals surface area contributed by atoms with Gasteiger partial charge in [0.2, 0.25) is 0 Å². The van der Waals surface area contributed by atoms with Gasteiger partial charge in [-0.2, -0.15) is 0 Å². The number of benzene rings is 1. The Bertz CT molecular complexity index is 565. The van der Waals surface area contributed by atoms with Crippen LogP contribution >= 0.6 is 23.2 Å². The van der Waals surface area contributed by atoms with E-state index in [9.17, 15) is 13.2 Å². The molecule has 0 bridgehead atoms. The summed E-state index contributed by atoms with van der Waals surface area (Å²) in [7, 11) is -3.61. The Morgan fingerprint density at radius 3 is 2.17 bits per heavy atom. The maximum atomic E-state index is 12.4. The summed E-state index contributed by atoms with van der Waals surface area (Å²) in [6, 6.07) is 6.48. The standard InChI is InChI=1S/C12H12Cl2O3S/c1-7-2-4-8(5-3-7)18(16,17)10-6-9(13)12(15)11(10)14/h2-5,9-11H,6H2,1H3. The fourth-order valence-corrected chi connectivity index (χ4v) is 4.90. The largest absolute Gasteiger partial charge is 0.296 e. The van der Waals surface area contributed by atoms with E-state index in [1.165, 1.54) is 12.1 Å². The molecule has 0 spiro atoms. The molecule has 0 saturated heterocycles. The molecular weight excluding hydrogens is 295 g/mol. The van der Waals surface area contributed by atoms with Gasteiger partial charge in [0.05, 0.1) is 15.5 Å². The van der Waals surface area contributed by atoms with Crippen molar-refractivity contribution in [2.75, 3.05) is 0 Å². The second kappa shape index (κ2) is 4.83. The van der Waals surface area contributed by atoms with E-state index in [1.807, 2.05) is 6.92 Å². The molecule has 1 aromatic carbocycles. The van der Waals surface area contributed by atoms with Crippen LogP contribution in [0.25, 0.3) is 0 Å². The fourth-order valence-electron chi connectivity index (χ4n) is 1.98. The first-order valence-corrected chi connectivity index (χ1v) is 7.88. The predicted molar refractivity (Wildman–Crippen MR) is 71.1 cm³/mol. The molecule has 3 unspecified atom stereocenters. The molecule has 1 aromatic rings. The van der Waals surface area contributed by atoms with Gasteiger partial charge < -0.3 is 0 Å². The number of halogens is 2. The summed E-state index contributed by atoms with van der Waals surface area (Å²) in [4.78, 5) is 11.7. The van der Waals surface area contributed by atoms with Gasteiger partial charge in [0, 0.05) is 0 Å². The van der Waals surface area contributed by atoms with Crippen LogP contribution in [0.5, 0.6) is 0 Å². The predicted octanol–water partition coefficient (Wildman–Crippen LogP) is 2.32. The van der Waals surface area contributed by atoms with Crippen LogP contribution in [0.15, 0.2) is 29.2 Å². The summed E-state index contributed by atoms with van der Waals surface area (Å²) in [5.74, 6) is -0.404. The molecule has 98 valence electrons. The highest BCUT2D eigenvalue weighted by Crippen LogP contribution is 2.34. The maximum Gasteiger partial charge on any atom is 0.183 e. The quantitative estimate of drug-likeness (QED) is 0.788. The molecule has 0 amide bonds. The zero-order valence-electron chi connectivity index (χ0n) is 9.64. The second-order valence-corrected chi connectivity index (χ2v) is 7.57. The van der Waals surface area contributed by atoms with Crippen LogP contribution in [0.1, 0.15) is 12.0 Å². The van der Waals surface area contributed by atoms with Crippen molar-refractivity contribution in [3.8, 4) is 0 Å². The summed E-state index contributed by atoms with van der Waals surface area (Å²) >= 11 is 11.6. The number of ketones is 1. The monoisotopic (exact) mass is 306 g/mol. The number of Topliss-reactive ketones (excluding diaryl/α,β-unsaturated/α-hetero) is 1. The molecule has 0 aliphatic heterocycles. The third-order valence-electron chi connectivity index (χ3n) is 3.09. The fraction of sp³-hybridized carbons (Fsp3) is 0.417. The Kier molecular flexibility index (Phi) is 3.72. The van der Waals surface area contributed by atoms with Crippen molar-refractivity contribution in [2.24, 2.45) is 0 Å². The van der Waals surface area contributed by atoms with E-state index >= 15 is 0 Å². The van der Waals surface area contributed by atoms with Gasteiger partial charge in [0.1, 0.15) is 5.38 Å². The molecule has 1 fully saturated rings. The lowest BCUT2D eigenvalue weighted by Crippen LogP contribution is -2.29. The van der Waals surface area contributed by atoms with E-state index in [0.29, 0.717) is 0 Å². The summed E-state index contributed by atoms with van der Waals surface area (Å²) in [5, 5.41) is -2.80. The minimum atomic E-state index is -3.61. The van der Waals surface area contributed by atoms with Gasteiger partial charge in [0.15, 0.2) is 15.6 Å². The average Bonchev–Trinajstić information content (AvgIpc) is 2.58. The van der Waals surface area contributed by atoms with Crippen molar-refractivity contribution in [1.82, 2.24) is 0 Å². The first kappa shape index (κ1) is 13.8. The lowest BCUT2D eigenvalue weighted by atomic mass is 10.2. The Morgan fingerprint density at radius 2 is 1.72 bits per heavy atom. The van der Waals surface area contributed by atoms with Crippen LogP contribution in [0.2, 0.25) is 0 Å². The van der Waals surface area contributed by atoms with Crippen molar-refractivity contribution in [3.63, 3.8) is 0 Å². The van der Waals surface area contributed by atoms with Crippen molar-refractivity contribution in [1.29, 1.82) is 0 Å². The molecule has 1 aliphatic carbocycles. The minimum Gasteiger partial charge on any atom is -0.296 e. The van der Waals surface area contributed by atoms with Crippen molar-refractivity contribution in [2.45, 2.75) is 34.2 Å². The first-order valence-electron chi connectivity index (χ1n) is 5.46. The van der Waals surface area contributed by atoms with Gasteiger partial charge in [-0.05, 0) is 25.5 Å². The number of alkyl halides is 2. The number of carbonyl (C=O) groups excluding carboxylic acids is 1. The van der Waals surface area contributed by atoms with E-state index in [4.69, 9.17) is 23.2 Å². The van der Waals surface area contributed by atoms with Crippen LogP contribution in [0, 0.1) is 6.92 Å². The third-order valence-corrected chi connectivity index (χ3v) is 6.35. The normalized spacial score (nSPS) is 28.6. The highest BCUT2D eigenvalue weighted by molar-refractivity contribution is 7.92. The zero-order chi connectivity index (χ0) is 13.5. The molecule has 0 radical (unpaired) electrons. The summed E-state index contributed by atoms with van der Waals surface area (Å²) in [5.41, 5.74) is 0.967. The van der Waals surface area contributed by atoms with Crippen LogP contribution in [0.3, 0.4) is 0 Å². The van der Waals surface area contributed by atoms with Gasteiger partial charge in [0.25, 0.3) is 0 Å². The van der Waals surface area contributed by atoms with Gasteiger partial charge in [-0.15, -0.1) is 23.2 Å². The van der Waals surface area contributed by atoms with E-state index in [-0.39, 0.29) is 11.3 Å². The highest BCUT2D eigenvalue weighted by Gasteiger charge is 2.47. The van der Waals surface area contributed by atoms with E-state index in [0.717, 1.165) is 5.56 Å². The lowest BCUT2D eigenvalue weighted by molar-refractivity contribution is -0.116. The number of sulfone groups is 1. The Morgan fingerprint density at radius 1 is 1.17 bits per heavy atom. The van der Waals surface area contributed by atoms with Gasteiger partial charge >= 0.3 is 0 Å². The van der Waals surface area contributed by atoms with Crippen LogP contribution in [-0.2, 0) is 14.6 Å². The van der Waals surface area contributed by atoms with Crippen LogP contribution < -0.4 is 0 Å². The molecule has 1 aliphatic rings.